The van der Waals surface area contributed by atoms with Crippen molar-refractivity contribution >= 4 is 0 Å². The van der Waals surface area contributed by atoms with E-state index in [0.717, 1.165) is 6.42 Å². The summed E-state index contributed by atoms with van der Waals surface area (Å²) in [5.74, 6) is 0.698. The molecule has 1 fully saturated rings. The summed E-state index contributed by atoms with van der Waals surface area (Å²) in [4.78, 5) is 0. The van der Waals surface area contributed by atoms with Crippen LogP contribution in [0.3, 0.4) is 0 Å². The molecule has 1 saturated carbocycles. The molecule has 0 aromatic carbocycles. The van der Waals surface area contributed by atoms with Crippen LogP contribution in [0.5, 0.6) is 0 Å². The van der Waals surface area contributed by atoms with E-state index in [4.69, 9.17) is 0 Å². The maximum absolute atomic E-state index is 10.9. The first-order valence-corrected chi connectivity index (χ1v) is 8.01. The van der Waals surface area contributed by atoms with Crippen molar-refractivity contribution in [3.8, 4) is 0 Å². The third-order valence-corrected chi connectivity index (χ3v) is 4.92. The van der Waals surface area contributed by atoms with Crippen molar-refractivity contribution in [3.63, 3.8) is 0 Å². The van der Waals surface area contributed by atoms with E-state index >= 15 is 0 Å². The van der Waals surface area contributed by atoms with Gasteiger partial charge in [0.05, 0.1) is 6.10 Å². The normalized spacial score (nSPS) is 25.9. The average Bonchev–Trinajstić information content (AvgIpc) is 2.64. The van der Waals surface area contributed by atoms with Crippen molar-refractivity contribution in [1.29, 1.82) is 0 Å². The summed E-state index contributed by atoms with van der Waals surface area (Å²) in [5.41, 5.74) is 1.58. The smallest absolute Gasteiger partial charge is 0.0806 e. The average molecular weight is 250 g/mol. The fraction of sp³-hybridized carbons (Fsp3) is 0.882. The molecule has 0 bridgehead atoms. The lowest BCUT2D eigenvalue weighted by molar-refractivity contribution is 0.0369. The molecule has 0 amide bonds. The molecule has 104 valence electrons. The second-order valence-electron chi connectivity index (χ2n) is 6.95. The Hall–Kier alpha value is -0.300. The van der Waals surface area contributed by atoms with E-state index in [1.807, 2.05) is 0 Å². The molecule has 1 unspecified atom stereocenters. The number of aliphatic hydroxyl groups excluding tert-OH is 1. The van der Waals surface area contributed by atoms with E-state index in [2.05, 4.69) is 19.9 Å². The summed E-state index contributed by atoms with van der Waals surface area (Å²) in [6.45, 7) is 4.60. The number of aliphatic hydroxyl groups is 1. The third-order valence-electron chi connectivity index (χ3n) is 4.92. The Morgan fingerprint density at radius 2 is 1.83 bits per heavy atom. The van der Waals surface area contributed by atoms with Crippen LogP contribution in [0, 0.1) is 11.3 Å². The minimum atomic E-state index is -0.152. The molecule has 2 aliphatic rings. The summed E-state index contributed by atoms with van der Waals surface area (Å²) in [7, 11) is 0. The Labute approximate surface area is 113 Å². The number of allylic oxidation sites excluding steroid dienone is 1. The standard InChI is InChI=1S/C17H30O/c1-14(2)13-17(11-7-8-12-17)16(18)15-9-5-3-4-6-10-15/h9,14,16,18H,3-8,10-13H2,1-2H3. The van der Waals surface area contributed by atoms with Crippen LogP contribution in [0.4, 0.5) is 0 Å². The first-order valence-electron chi connectivity index (χ1n) is 8.01. The second-order valence-corrected chi connectivity index (χ2v) is 6.95. The zero-order valence-electron chi connectivity index (χ0n) is 12.3. The van der Waals surface area contributed by atoms with Gasteiger partial charge in [-0.25, -0.2) is 0 Å². The fourth-order valence-corrected chi connectivity index (χ4v) is 4.16. The molecule has 1 heteroatoms. The van der Waals surface area contributed by atoms with Gasteiger partial charge in [-0.1, -0.05) is 39.2 Å². The molecule has 0 heterocycles. The molecular formula is C17H30O. The van der Waals surface area contributed by atoms with Gasteiger partial charge in [0.1, 0.15) is 0 Å². The van der Waals surface area contributed by atoms with E-state index in [9.17, 15) is 5.11 Å². The van der Waals surface area contributed by atoms with Gasteiger partial charge in [0.15, 0.2) is 0 Å². The summed E-state index contributed by atoms with van der Waals surface area (Å²) < 4.78 is 0. The van der Waals surface area contributed by atoms with E-state index < -0.39 is 0 Å². The van der Waals surface area contributed by atoms with Gasteiger partial charge in [0.25, 0.3) is 0 Å². The monoisotopic (exact) mass is 250 g/mol. The molecule has 0 radical (unpaired) electrons. The van der Waals surface area contributed by atoms with Crippen LogP contribution in [0.25, 0.3) is 0 Å². The molecule has 1 nitrogen and oxygen atoms in total. The van der Waals surface area contributed by atoms with Gasteiger partial charge in [-0.2, -0.15) is 0 Å². The Balaban J connectivity index is 2.11. The topological polar surface area (TPSA) is 20.2 Å². The molecular weight excluding hydrogens is 220 g/mol. The quantitative estimate of drug-likeness (QED) is 0.708. The Bertz CT molecular complexity index is 284. The molecule has 2 aliphatic carbocycles. The minimum Gasteiger partial charge on any atom is -0.388 e. The molecule has 0 aromatic heterocycles. The van der Waals surface area contributed by atoms with E-state index in [0.29, 0.717) is 5.92 Å². The number of hydrogen-bond donors (Lipinski definition) is 1. The highest BCUT2D eigenvalue weighted by molar-refractivity contribution is 5.15. The van der Waals surface area contributed by atoms with Crippen molar-refractivity contribution in [1.82, 2.24) is 0 Å². The number of rotatable bonds is 4. The summed E-state index contributed by atoms with van der Waals surface area (Å²) in [6.07, 6.45) is 14.8. The van der Waals surface area contributed by atoms with Crippen molar-refractivity contribution in [3.05, 3.63) is 11.6 Å². The van der Waals surface area contributed by atoms with Gasteiger partial charge in [0.2, 0.25) is 0 Å². The summed E-state index contributed by atoms with van der Waals surface area (Å²) >= 11 is 0. The number of hydrogen-bond acceptors (Lipinski definition) is 1. The maximum Gasteiger partial charge on any atom is 0.0806 e. The minimum absolute atomic E-state index is 0.152. The zero-order chi connectivity index (χ0) is 13.0. The van der Waals surface area contributed by atoms with Gasteiger partial charge in [-0.15, -0.1) is 0 Å². The van der Waals surface area contributed by atoms with Gasteiger partial charge in [-0.3, -0.25) is 0 Å². The molecule has 0 saturated heterocycles. The van der Waals surface area contributed by atoms with Crippen LogP contribution in [-0.2, 0) is 0 Å². The second kappa shape index (κ2) is 6.23. The lowest BCUT2D eigenvalue weighted by Gasteiger charge is -2.37. The molecule has 0 aromatic rings. The highest BCUT2D eigenvalue weighted by Crippen LogP contribution is 2.48. The largest absolute Gasteiger partial charge is 0.388 e. The lowest BCUT2D eigenvalue weighted by atomic mass is 9.71. The van der Waals surface area contributed by atoms with Crippen LogP contribution in [-0.4, -0.2) is 11.2 Å². The Kier molecular flexibility index (Phi) is 4.89. The maximum atomic E-state index is 10.9. The predicted molar refractivity (Wildman–Crippen MR) is 77.5 cm³/mol. The van der Waals surface area contributed by atoms with Crippen LogP contribution >= 0.6 is 0 Å². The Morgan fingerprint density at radius 1 is 1.11 bits per heavy atom. The fourth-order valence-electron chi connectivity index (χ4n) is 4.16. The van der Waals surface area contributed by atoms with Crippen LogP contribution in [0.1, 0.15) is 78.1 Å². The summed E-state index contributed by atoms with van der Waals surface area (Å²) in [6, 6.07) is 0. The molecule has 2 rings (SSSR count). The molecule has 0 spiro atoms. The van der Waals surface area contributed by atoms with Gasteiger partial charge in [-0.05, 0) is 56.4 Å². The molecule has 0 aliphatic heterocycles. The van der Waals surface area contributed by atoms with Gasteiger partial charge >= 0.3 is 0 Å². The summed E-state index contributed by atoms with van der Waals surface area (Å²) in [5, 5.41) is 10.9. The highest BCUT2D eigenvalue weighted by Gasteiger charge is 2.42. The zero-order valence-corrected chi connectivity index (χ0v) is 12.3. The molecule has 1 atom stereocenters. The first-order chi connectivity index (χ1) is 8.64. The van der Waals surface area contributed by atoms with Gasteiger partial charge < -0.3 is 5.11 Å². The highest BCUT2D eigenvalue weighted by atomic mass is 16.3. The van der Waals surface area contributed by atoms with Crippen LogP contribution in [0.2, 0.25) is 0 Å². The van der Waals surface area contributed by atoms with Crippen LogP contribution < -0.4 is 0 Å². The predicted octanol–water partition coefficient (Wildman–Crippen LogP) is 4.84. The van der Waals surface area contributed by atoms with Crippen molar-refractivity contribution < 1.29 is 5.11 Å². The third kappa shape index (κ3) is 3.17. The molecule has 1 N–H and O–H groups in total. The lowest BCUT2D eigenvalue weighted by Crippen LogP contribution is -2.35. The van der Waals surface area contributed by atoms with Crippen molar-refractivity contribution in [2.75, 3.05) is 0 Å². The van der Waals surface area contributed by atoms with Crippen molar-refractivity contribution in [2.45, 2.75) is 84.2 Å². The van der Waals surface area contributed by atoms with E-state index in [1.165, 1.54) is 63.4 Å². The van der Waals surface area contributed by atoms with Crippen molar-refractivity contribution in [2.24, 2.45) is 11.3 Å². The SMILES string of the molecule is CC(C)CC1(C(O)C2=CCCCCC2)CCCC1. The van der Waals surface area contributed by atoms with Gasteiger partial charge in [0, 0.05) is 5.41 Å². The Morgan fingerprint density at radius 3 is 2.50 bits per heavy atom. The first kappa shape index (κ1) is 14.1. The van der Waals surface area contributed by atoms with Crippen LogP contribution in [0.15, 0.2) is 11.6 Å². The molecule has 18 heavy (non-hydrogen) atoms. The van der Waals surface area contributed by atoms with E-state index in [1.54, 1.807) is 0 Å². The van der Waals surface area contributed by atoms with E-state index in [-0.39, 0.29) is 11.5 Å².